The summed E-state index contributed by atoms with van der Waals surface area (Å²) in [6.07, 6.45) is 3.60. The Morgan fingerprint density at radius 1 is 1.11 bits per heavy atom. The van der Waals surface area contributed by atoms with E-state index in [0.29, 0.717) is 48.3 Å². The molecule has 0 aliphatic carbocycles. The van der Waals surface area contributed by atoms with Gasteiger partial charge >= 0.3 is 0 Å². The fourth-order valence-corrected chi connectivity index (χ4v) is 7.53. The van der Waals surface area contributed by atoms with E-state index in [-0.39, 0.29) is 22.3 Å². The van der Waals surface area contributed by atoms with Crippen LogP contribution in [0.15, 0.2) is 40.4 Å². The van der Waals surface area contributed by atoms with Gasteiger partial charge in [-0.3, -0.25) is 0 Å². The van der Waals surface area contributed by atoms with E-state index in [4.69, 9.17) is 4.74 Å². The Morgan fingerprint density at radius 2 is 1.92 bits per heavy atom. The maximum absolute atomic E-state index is 14.2. The smallest absolute Gasteiger partial charge is 0.243 e. The van der Waals surface area contributed by atoms with Gasteiger partial charge in [0.05, 0.1) is 28.6 Å². The lowest BCUT2D eigenvalue weighted by atomic mass is 10.0. The normalized spacial score (nSPS) is 21.4. The highest BCUT2D eigenvalue weighted by atomic mass is 32.2. The molecule has 0 bridgehead atoms. The fourth-order valence-electron chi connectivity index (χ4n) is 4.88. The number of rotatable bonds is 7. The third-order valence-electron chi connectivity index (χ3n) is 6.84. The number of benzene rings is 2. The number of nitrogens with zero attached hydrogens (tertiary/aromatic N) is 3. The Labute approximate surface area is 212 Å². The van der Waals surface area contributed by atoms with Crippen molar-refractivity contribution in [2.24, 2.45) is 5.92 Å². The van der Waals surface area contributed by atoms with E-state index in [9.17, 15) is 21.6 Å². The number of aromatic nitrogens is 2. The number of ether oxygens (including phenoxy) is 1. The fraction of sp³-hybridized carbons (Fsp3) is 0.480. The van der Waals surface area contributed by atoms with Gasteiger partial charge in [-0.15, -0.1) is 0 Å². The molecule has 3 heterocycles. The molecule has 2 aliphatic heterocycles. The molecule has 2 aromatic carbocycles. The van der Waals surface area contributed by atoms with Gasteiger partial charge in [-0.1, -0.05) is 18.7 Å². The highest BCUT2D eigenvalue weighted by Gasteiger charge is 2.30. The number of sulfonamides is 1. The van der Waals surface area contributed by atoms with Gasteiger partial charge < -0.3 is 9.30 Å². The Bertz CT molecular complexity index is 1370. The van der Waals surface area contributed by atoms with E-state index < -0.39 is 27.5 Å². The number of fused-ring (bicyclic) bond motifs is 1. The van der Waals surface area contributed by atoms with Crippen LogP contribution in [0.4, 0.5) is 13.2 Å². The van der Waals surface area contributed by atoms with Crippen molar-refractivity contribution in [1.82, 2.24) is 13.9 Å². The van der Waals surface area contributed by atoms with Crippen LogP contribution in [0.2, 0.25) is 0 Å². The summed E-state index contributed by atoms with van der Waals surface area (Å²) in [4.78, 5) is 4.81. The van der Waals surface area contributed by atoms with Crippen LogP contribution in [-0.2, 0) is 27.1 Å². The number of halogens is 3. The molecule has 194 valence electrons. The SMILES string of the molecule is C[C@H]1CCCN(S(=O)(=O)c2ccc3c(c2)nc(SCc2c(F)ccc(F)c2F)n3C[C@H]2CCCO2)C1. The van der Waals surface area contributed by atoms with Crippen LogP contribution in [0.5, 0.6) is 0 Å². The molecule has 2 saturated heterocycles. The van der Waals surface area contributed by atoms with Crippen molar-refractivity contribution in [3.8, 4) is 0 Å². The molecular formula is C25H28F3N3O3S2. The summed E-state index contributed by atoms with van der Waals surface area (Å²) >= 11 is 1.08. The second-order valence-corrected chi connectivity index (χ2v) is 12.4. The van der Waals surface area contributed by atoms with E-state index in [0.717, 1.165) is 49.6 Å². The van der Waals surface area contributed by atoms with Gasteiger partial charge in [-0.25, -0.2) is 26.6 Å². The largest absolute Gasteiger partial charge is 0.376 e. The van der Waals surface area contributed by atoms with Crippen LogP contribution < -0.4 is 0 Å². The first-order chi connectivity index (χ1) is 17.2. The van der Waals surface area contributed by atoms with Gasteiger partial charge in [0.1, 0.15) is 5.82 Å². The lowest BCUT2D eigenvalue weighted by molar-refractivity contribution is 0.0960. The zero-order valence-electron chi connectivity index (χ0n) is 19.9. The third kappa shape index (κ3) is 5.03. The van der Waals surface area contributed by atoms with Crippen molar-refractivity contribution >= 4 is 32.8 Å². The minimum atomic E-state index is -3.67. The minimum Gasteiger partial charge on any atom is -0.376 e. The summed E-state index contributed by atoms with van der Waals surface area (Å²) in [5.74, 6) is -3.02. The van der Waals surface area contributed by atoms with Gasteiger partial charge in [-0.2, -0.15) is 4.31 Å². The van der Waals surface area contributed by atoms with Crippen molar-refractivity contribution < 1.29 is 26.3 Å². The summed E-state index contributed by atoms with van der Waals surface area (Å²) in [5, 5.41) is 0.463. The predicted octanol–water partition coefficient (Wildman–Crippen LogP) is 5.35. The molecule has 2 atom stereocenters. The van der Waals surface area contributed by atoms with Crippen molar-refractivity contribution in [3.63, 3.8) is 0 Å². The first kappa shape index (κ1) is 25.6. The lowest BCUT2D eigenvalue weighted by Crippen LogP contribution is -2.39. The standard InChI is InChI=1S/C25H28F3N3O3S2/c1-16-4-2-10-30(13-16)36(32,33)18-6-9-23-22(12-18)29-25(31(23)14-17-5-3-11-34-17)35-15-19-20(26)7-8-21(27)24(19)28/h6-9,12,16-17H,2-5,10-11,13-15H2,1H3/t16-,17+/m0/s1. The Balaban J connectivity index is 1.49. The van der Waals surface area contributed by atoms with Gasteiger partial charge in [0, 0.05) is 31.0 Å². The predicted molar refractivity (Wildman–Crippen MR) is 132 cm³/mol. The summed E-state index contributed by atoms with van der Waals surface area (Å²) in [5.41, 5.74) is 0.819. The van der Waals surface area contributed by atoms with E-state index in [1.165, 1.54) is 4.31 Å². The second kappa shape index (κ2) is 10.4. The molecule has 0 amide bonds. The van der Waals surface area contributed by atoms with E-state index in [1.807, 2.05) is 11.5 Å². The van der Waals surface area contributed by atoms with Crippen LogP contribution in [0.3, 0.4) is 0 Å². The Morgan fingerprint density at radius 3 is 2.67 bits per heavy atom. The van der Waals surface area contributed by atoms with E-state index in [2.05, 4.69) is 4.98 Å². The number of hydrogen-bond acceptors (Lipinski definition) is 5. The molecule has 0 N–H and O–H groups in total. The number of thioether (sulfide) groups is 1. The Hall–Kier alpha value is -2.08. The molecule has 2 aliphatic rings. The molecule has 1 aromatic heterocycles. The molecule has 0 saturated carbocycles. The van der Waals surface area contributed by atoms with Gasteiger partial charge in [-0.05, 0) is 61.9 Å². The van der Waals surface area contributed by atoms with Crippen molar-refractivity contribution in [1.29, 1.82) is 0 Å². The average Bonchev–Trinajstić information content (AvgIpc) is 3.49. The molecule has 11 heteroatoms. The summed E-state index contributed by atoms with van der Waals surface area (Å²) < 4.78 is 78.0. The summed E-state index contributed by atoms with van der Waals surface area (Å²) in [7, 11) is -3.67. The monoisotopic (exact) mass is 539 g/mol. The zero-order valence-corrected chi connectivity index (χ0v) is 21.6. The third-order valence-corrected chi connectivity index (χ3v) is 9.70. The zero-order chi connectivity index (χ0) is 25.4. The number of piperidine rings is 1. The summed E-state index contributed by atoms with van der Waals surface area (Å²) in [6.45, 7) is 4.16. The summed E-state index contributed by atoms with van der Waals surface area (Å²) in [6, 6.07) is 6.54. The van der Waals surface area contributed by atoms with Gasteiger partial charge in [0.2, 0.25) is 10.0 Å². The molecule has 0 spiro atoms. The first-order valence-electron chi connectivity index (χ1n) is 12.1. The van der Waals surface area contributed by atoms with Crippen LogP contribution in [0, 0.1) is 23.4 Å². The van der Waals surface area contributed by atoms with E-state index in [1.54, 1.807) is 18.2 Å². The van der Waals surface area contributed by atoms with Gasteiger partial charge in [0.25, 0.3) is 0 Å². The molecule has 0 unspecified atom stereocenters. The van der Waals surface area contributed by atoms with Crippen molar-refractivity contribution in [3.05, 3.63) is 53.3 Å². The highest BCUT2D eigenvalue weighted by Crippen LogP contribution is 2.32. The topological polar surface area (TPSA) is 64.4 Å². The molecule has 6 nitrogen and oxygen atoms in total. The molecule has 0 radical (unpaired) electrons. The minimum absolute atomic E-state index is 0.0392. The highest BCUT2D eigenvalue weighted by molar-refractivity contribution is 7.98. The van der Waals surface area contributed by atoms with Crippen LogP contribution in [0.25, 0.3) is 11.0 Å². The van der Waals surface area contributed by atoms with Crippen LogP contribution >= 0.6 is 11.8 Å². The quantitative estimate of drug-likeness (QED) is 0.299. The van der Waals surface area contributed by atoms with Crippen LogP contribution in [-0.4, -0.2) is 48.1 Å². The lowest BCUT2D eigenvalue weighted by Gasteiger charge is -2.30. The number of imidazole rings is 1. The maximum atomic E-state index is 14.2. The molecule has 36 heavy (non-hydrogen) atoms. The second-order valence-electron chi connectivity index (χ2n) is 9.51. The Kier molecular flexibility index (Phi) is 7.35. The van der Waals surface area contributed by atoms with Crippen molar-refractivity contribution in [2.45, 2.75) is 61.1 Å². The first-order valence-corrected chi connectivity index (χ1v) is 14.5. The molecular weight excluding hydrogens is 511 g/mol. The molecule has 2 fully saturated rings. The maximum Gasteiger partial charge on any atom is 0.243 e. The van der Waals surface area contributed by atoms with Gasteiger partial charge in [0.15, 0.2) is 16.8 Å². The number of hydrogen-bond donors (Lipinski definition) is 0. The van der Waals surface area contributed by atoms with Crippen molar-refractivity contribution in [2.75, 3.05) is 19.7 Å². The van der Waals surface area contributed by atoms with E-state index >= 15 is 0 Å². The molecule has 3 aromatic rings. The van der Waals surface area contributed by atoms with Crippen LogP contribution in [0.1, 0.15) is 38.2 Å². The average molecular weight is 540 g/mol. The molecule has 5 rings (SSSR count).